The number of morpholine rings is 1. The predicted octanol–water partition coefficient (Wildman–Crippen LogP) is 1.66. The second kappa shape index (κ2) is 10.7. The van der Waals surface area contributed by atoms with Crippen molar-refractivity contribution in [3.8, 4) is 0 Å². The van der Waals surface area contributed by atoms with E-state index in [0.29, 0.717) is 50.1 Å². The van der Waals surface area contributed by atoms with Crippen LogP contribution in [0.25, 0.3) is 5.65 Å². The lowest BCUT2D eigenvalue weighted by molar-refractivity contribution is -0.126. The number of hydrogen-bond donors (Lipinski definition) is 2. The first kappa shape index (κ1) is 25.9. The Bertz CT molecular complexity index is 988. The Morgan fingerprint density at radius 2 is 1.88 bits per heavy atom. The number of carbonyl (C=O) groups excluding carboxylic acids is 2. The molecule has 11 heteroatoms. The molecule has 2 aromatic heterocycles. The van der Waals surface area contributed by atoms with Crippen LogP contribution in [-0.4, -0.2) is 76.6 Å². The SMILES string of the molecule is CC(C)(C)COC[C@@H](NC(=O)C(C)(C)N)c1nnc2cccc(COC(=O)N3CCOCC3)n12. The molecule has 3 rings (SSSR count). The quantitative estimate of drug-likeness (QED) is 0.588. The molecule has 0 aliphatic carbocycles. The summed E-state index contributed by atoms with van der Waals surface area (Å²) >= 11 is 0. The summed E-state index contributed by atoms with van der Waals surface area (Å²) in [6, 6.07) is 4.83. The fourth-order valence-electron chi connectivity index (χ4n) is 3.35. The molecule has 0 spiro atoms. The minimum absolute atomic E-state index is 0.0183. The van der Waals surface area contributed by atoms with Crippen molar-refractivity contribution in [2.45, 2.75) is 52.8 Å². The molecule has 1 atom stereocenters. The zero-order valence-electron chi connectivity index (χ0n) is 20.7. The number of nitrogens with one attached hydrogen (secondary N) is 1. The summed E-state index contributed by atoms with van der Waals surface area (Å²) in [5.41, 5.74) is 6.11. The number of pyridine rings is 1. The summed E-state index contributed by atoms with van der Waals surface area (Å²) in [6.07, 6.45) is -0.404. The lowest BCUT2D eigenvalue weighted by Gasteiger charge is -2.26. The Morgan fingerprint density at radius 3 is 2.53 bits per heavy atom. The van der Waals surface area contributed by atoms with E-state index < -0.39 is 17.7 Å². The van der Waals surface area contributed by atoms with Gasteiger partial charge in [0.15, 0.2) is 11.5 Å². The van der Waals surface area contributed by atoms with Crippen LogP contribution in [0.1, 0.15) is 52.2 Å². The van der Waals surface area contributed by atoms with Crippen molar-refractivity contribution < 1.29 is 23.8 Å². The van der Waals surface area contributed by atoms with Gasteiger partial charge < -0.3 is 30.2 Å². The third-order valence-electron chi connectivity index (χ3n) is 5.17. The average molecular weight is 477 g/mol. The Morgan fingerprint density at radius 1 is 1.18 bits per heavy atom. The number of amides is 2. The van der Waals surface area contributed by atoms with Gasteiger partial charge in [0.05, 0.1) is 37.7 Å². The Labute approximate surface area is 199 Å². The highest BCUT2D eigenvalue weighted by molar-refractivity contribution is 5.85. The van der Waals surface area contributed by atoms with E-state index in [0.717, 1.165) is 0 Å². The normalized spacial score (nSPS) is 15.9. The first-order valence-corrected chi connectivity index (χ1v) is 11.5. The Kier molecular flexibility index (Phi) is 8.11. The molecule has 2 aromatic rings. The summed E-state index contributed by atoms with van der Waals surface area (Å²) in [5, 5.41) is 11.5. The number of nitrogens with two attached hydrogens (primary N) is 1. The van der Waals surface area contributed by atoms with Crippen LogP contribution in [0.2, 0.25) is 0 Å². The van der Waals surface area contributed by atoms with Gasteiger partial charge in [-0.25, -0.2) is 4.79 Å². The highest BCUT2D eigenvalue weighted by Gasteiger charge is 2.29. The van der Waals surface area contributed by atoms with Crippen LogP contribution in [0, 0.1) is 5.41 Å². The average Bonchev–Trinajstić information content (AvgIpc) is 3.20. The van der Waals surface area contributed by atoms with E-state index in [9.17, 15) is 9.59 Å². The predicted molar refractivity (Wildman–Crippen MR) is 125 cm³/mol. The first-order chi connectivity index (χ1) is 16.0. The Balaban J connectivity index is 1.84. The number of fused-ring (bicyclic) bond motifs is 1. The van der Waals surface area contributed by atoms with Gasteiger partial charge in [0.25, 0.3) is 0 Å². The van der Waals surface area contributed by atoms with Crippen LogP contribution in [-0.2, 0) is 25.6 Å². The summed E-state index contributed by atoms with van der Waals surface area (Å²) < 4.78 is 18.5. The maximum Gasteiger partial charge on any atom is 0.410 e. The molecule has 0 saturated carbocycles. The van der Waals surface area contributed by atoms with Crippen molar-refractivity contribution in [3.05, 3.63) is 29.7 Å². The molecule has 1 aliphatic heterocycles. The number of nitrogens with zero attached hydrogens (tertiary/aromatic N) is 4. The molecule has 1 saturated heterocycles. The summed E-state index contributed by atoms with van der Waals surface area (Å²) in [7, 11) is 0. The van der Waals surface area contributed by atoms with Crippen molar-refractivity contribution in [1.29, 1.82) is 0 Å². The molecule has 3 N–H and O–H groups in total. The lowest BCUT2D eigenvalue weighted by atomic mass is 9.99. The van der Waals surface area contributed by atoms with E-state index in [1.165, 1.54) is 0 Å². The molecule has 188 valence electrons. The smallest absolute Gasteiger partial charge is 0.410 e. The van der Waals surface area contributed by atoms with Gasteiger partial charge in [-0.2, -0.15) is 0 Å². The molecular formula is C23H36N6O5. The van der Waals surface area contributed by atoms with Gasteiger partial charge in [-0.1, -0.05) is 26.8 Å². The molecule has 2 amide bonds. The number of carbonyl (C=O) groups is 2. The molecule has 0 unspecified atom stereocenters. The maximum atomic E-state index is 12.7. The lowest BCUT2D eigenvalue weighted by Crippen LogP contribution is -2.51. The van der Waals surface area contributed by atoms with E-state index in [-0.39, 0.29) is 24.5 Å². The first-order valence-electron chi connectivity index (χ1n) is 11.5. The van der Waals surface area contributed by atoms with E-state index in [1.54, 1.807) is 29.2 Å². The highest BCUT2D eigenvalue weighted by Crippen LogP contribution is 2.20. The third kappa shape index (κ3) is 6.87. The van der Waals surface area contributed by atoms with E-state index >= 15 is 0 Å². The summed E-state index contributed by atoms with van der Waals surface area (Å²) in [6.45, 7) is 12.1. The zero-order valence-corrected chi connectivity index (χ0v) is 20.7. The van der Waals surface area contributed by atoms with Gasteiger partial charge in [-0.15, -0.1) is 10.2 Å². The van der Waals surface area contributed by atoms with E-state index in [1.807, 2.05) is 12.1 Å². The number of hydrogen-bond acceptors (Lipinski definition) is 8. The van der Waals surface area contributed by atoms with Crippen LogP contribution < -0.4 is 11.1 Å². The maximum absolute atomic E-state index is 12.7. The molecule has 34 heavy (non-hydrogen) atoms. The molecule has 1 fully saturated rings. The van der Waals surface area contributed by atoms with Crippen molar-refractivity contribution in [3.63, 3.8) is 0 Å². The molecule has 11 nitrogen and oxygen atoms in total. The van der Waals surface area contributed by atoms with Crippen LogP contribution in [0.3, 0.4) is 0 Å². The molecular weight excluding hydrogens is 440 g/mol. The summed E-state index contributed by atoms with van der Waals surface area (Å²) in [5.74, 6) is 0.129. The number of rotatable bonds is 8. The van der Waals surface area contributed by atoms with Gasteiger partial charge in [0, 0.05) is 13.1 Å². The van der Waals surface area contributed by atoms with Crippen LogP contribution in [0.4, 0.5) is 4.79 Å². The number of ether oxygens (including phenoxy) is 3. The molecule has 0 bridgehead atoms. The number of aromatic nitrogens is 3. The monoisotopic (exact) mass is 476 g/mol. The van der Waals surface area contributed by atoms with Crippen molar-refractivity contribution in [1.82, 2.24) is 24.8 Å². The van der Waals surface area contributed by atoms with E-state index in [4.69, 9.17) is 19.9 Å². The van der Waals surface area contributed by atoms with Gasteiger partial charge in [0.1, 0.15) is 12.6 Å². The molecule has 0 radical (unpaired) electrons. The van der Waals surface area contributed by atoms with Crippen LogP contribution >= 0.6 is 0 Å². The Hall–Kier alpha value is -2.76. The second-order valence-corrected chi connectivity index (χ2v) is 10.2. The third-order valence-corrected chi connectivity index (χ3v) is 5.17. The minimum Gasteiger partial charge on any atom is -0.443 e. The van der Waals surface area contributed by atoms with Gasteiger partial charge in [-0.3, -0.25) is 9.20 Å². The van der Waals surface area contributed by atoms with Gasteiger partial charge >= 0.3 is 6.09 Å². The topological polar surface area (TPSA) is 133 Å². The van der Waals surface area contributed by atoms with Crippen molar-refractivity contribution >= 4 is 17.6 Å². The van der Waals surface area contributed by atoms with Gasteiger partial charge in [-0.05, 0) is 31.4 Å². The zero-order chi connectivity index (χ0) is 24.9. The van der Waals surface area contributed by atoms with Crippen molar-refractivity contribution in [2.24, 2.45) is 11.1 Å². The van der Waals surface area contributed by atoms with Gasteiger partial charge in [0.2, 0.25) is 5.91 Å². The van der Waals surface area contributed by atoms with Crippen LogP contribution in [0.5, 0.6) is 0 Å². The fourth-order valence-corrected chi connectivity index (χ4v) is 3.35. The fraction of sp³-hybridized carbons (Fsp3) is 0.652. The van der Waals surface area contributed by atoms with Crippen molar-refractivity contribution in [2.75, 3.05) is 39.5 Å². The summed E-state index contributed by atoms with van der Waals surface area (Å²) in [4.78, 5) is 26.8. The standard InChI is InChI=1S/C23H36N6O5/c1-22(2,3)15-33-14-17(25-20(30)23(4,5)24)19-27-26-18-8-6-7-16(29(18)19)13-34-21(31)28-9-11-32-12-10-28/h6-8,17H,9-15,24H2,1-5H3,(H,25,30)/t17-/m1/s1. The minimum atomic E-state index is -1.08. The molecule has 1 aliphatic rings. The van der Waals surface area contributed by atoms with Crippen LogP contribution in [0.15, 0.2) is 18.2 Å². The second-order valence-electron chi connectivity index (χ2n) is 10.2. The highest BCUT2D eigenvalue weighted by atomic mass is 16.6. The largest absolute Gasteiger partial charge is 0.443 e. The molecule has 0 aromatic carbocycles. The van der Waals surface area contributed by atoms with E-state index in [2.05, 4.69) is 36.3 Å². The molecule has 3 heterocycles.